The molecule has 1 aromatic heterocycles. The summed E-state index contributed by atoms with van der Waals surface area (Å²) in [5, 5.41) is 7.08. The molecule has 1 aliphatic rings. The molecular formula is C19H25F3IN5O2. The third-order valence-electron chi connectivity index (χ3n) is 4.60. The molecule has 0 unspecified atom stereocenters. The number of piperazine rings is 1. The van der Waals surface area contributed by atoms with E-state index < -0.39 is 11.7 Å². The van der Waals surface area contributed by atoms with E-state index in [1.807, 2.05) is 6.07 Å². The van der Waals surface area contributed by atoms with Crippen LogP contribution in [0.4, 0.5) is 13.2 Å². The van der Waals surface area contributed by atoms with Crippen LogP contribution in [0.15, 0.2) is 46.1 Å². The van der Waals surface area contributed by atoms with Crippen molar-refractivity contribution in [2.75, 3.05) is 46.4 Å². The van der Waals surface area contributed by atoms with Crippen molar-refractivity contribution in [3.8, 4) is 5.75 Å². The summed E-state index contributed by atoms with van der Waals surface area (Å²) >= 11 is 0. The number of para-hydroxylation sites is 1. The Hall–Kier alpha value is -2.02. The number of rotatable bonds is 6. The number of nitrogens with one attached hydrogen (secondary N) is 1. The number of halogens is 4. The monoisotopic (exact) mass is 539 g/mol. The first-order valence-corrected chi connectivity index (χ1v) is 9.33. The lowest BCUT2D eigenvalue weighted by molar-refractivity contribution is -0.138. The third-order valence-corrected chi connectivity index (χ3v) is 4.60. The molecule has 0 amide bonds. The van der Waals surface area contributed by atoms with Gasteiger partial charge in [-0.3, -0.25) is 9.89 Å². The average Bonchev–Trinajstić information content (AvgIpc) is 3.21. The Morgan fingerprint density at radius 2 is 1.93 bits per heavy atom. The van der Waals surface area contributed by atoms with E-state index in [4.69, 9.17) is 9.26 Å². The minimum atomic E-state index is -4.44. The number of guanidine groups is 1. The lowest BCUT2D eigenvalue weighted by Crippen LogP contribution is -2.52. The van der Waals surface area contributed by atoms with Crippen LogP contribution < -0.4 is 10.1 Å². The van der Waals surface area contributed by atoms with E-state index in [0.29, 0.717) is 12.5 Å². The highest BCUT2D eigenvalue weighted by molar-refractivity contribution is 14.0. The molecule has 1 saturated heterocycles. The predicted molar refractivity (Wildman–Crippen MR) is 117 cm³/mol. The van der Waals surface area contributed by atoms with E-state index in [-0.39, 0.29) is 36.3 Å². The zero-order valence-electron chi connectivity index (χ0n) is 16.6. The Balaban J connectivity index is 0.00000320. The smallest absolute Gasteiger partial charge is 0.419 e. The van der Waals surface area contributed by atoms with Crippen LogP contribution >= 0.6 is 24.0 Å². The summed E-state index contributed by atoms with van der Waals surface area (Å²) in [5.74, 6) is 0.539. The number of ether oxygens (including phenoxy) is 1. The fraction of sp³-hybridized carbons (Fsp3) is 0.474. The van der Waals surface area contributed by atoms with Gasteiger partial charge in [0.15, 0.2) is 5.96 Å². The molecule has 2 aromatic rings. The number of nitrogens with zero attached hydrogens (tertiary/aromatic N) is 4. The van der Waals surface area contributed by atoms with Crippen molar-refractivity contribution in [1.82, 2.24) is 20.3 Å². The molecule has 0 aliphatic carbocycles. The molecule has 1 aromatic carbocycles. The molecule has 1 fully saturated rings. The number of aliphatic imine (C=N–C) groups is 1. The Kier molecular flexibility index (Phi) is 9.21. The number of hydrogen-bond donors (Lipinski definition) is 1. The molecule has 1 N–H and O–H groups in total. The quantitative estimate of drug-likeness (QED) is 0.264. The Morgan fingerprint density at radius 1 is 1.20 bits per heavy atom. The van der Waals surface area contributed by atoms with Gasteiger partial charge in [-0.1, -0.05) is 17.3 Å². The first-order valence-electron chi connectivity index (χ1n) is 9.33. The lowest BCUT2D eigenvalue weighted by atomic mass is 10.2. The topological polar surface area (TPSA) is 66.1 Å². The molecule has 11 heteroatoms. The fourth-order valence-corrected chi connectivity index (χ4v) is 3.15. The van der Waals surface area contributed by atoms with Gasteiger partial charge in [0, 0.05) is 45.8 Å². The van der Waals surface area contributed by atoms with Gasteiger partial charge in [-0.25, -0.2) is 0 Å². The molecule has 30 heavy (non-hydrogen) atoms. The summed E-state index contributed by atoms with van der Waals surface area (Å²) in [5.41, 5.74) is 0.130. The van der Waals surface area contributed by atoms with E-state index in [1.165, 1.54) is 18.2 Å². The van der Waals surface area contributed by atoms with Crippen molar-refractivity contribution in [3.63, 3.8) is 0 Å². The molecule has 166 valence electrons. The van der Waals surface area contributed by atoms with Crippen LogP contribution in [0, 0.1) is 0 Å². The van der Waals surface area contributed by atoms with E-state index in [2.05, 4.69) is 25.3 Å². The Morgan fingerprint density at radius 3 is 2.57 bits per heavy atom. The summed E-state index contributed by atoms with van der Waals surface area (Å²) in [6.07, 6.45) is -2.88. The molecule has 0 radical (unpaired) electrons. The highest BCUT2D eigenvalue weighted by Crippen LogP contribution is 2.35. The zero-order valence-corrected chi connectivity index (χ0v) is 18.9. The third kappa shape index (κ3) is 6.76. The van der Waals surface area contributed by atoms with Crippen molar-refractivity contribution >= 4 is 29.9 Å². The summed E-state index contributed by atoms with van der Waals surface area (Å²) in [6.45, 7) is 4.45. The SMILES string of the molecule is CN=C(NCCOc1ccccc1C(F)(F)F)N1CCN(Cc2ccon2)CC1.I. The van der Waals surface area contributed by atoms with Crippen LogP contribution in [0.3, 0.4) is 0 Å². The van der Waals surface area contributed by atoms with E-state index >= 15 is 0 Å². The van der Waals surface area contributed by atoms with Crippen LogP contribution in [0.5, 0.6) is 5.75 Å². The molecule has 3 rings (SSSR count). The fourth-order valence-electron chi connectivity index (χ4n) is 3.15. The standard InChI is InChI=1S/C19H24F3N5O2.HI/c1-23-18(27-10-8-26(9-11-27)14-15-6-12-29-25-15)24-7-13-28-17-5-3-2-4-16(17)19(20,21)22;/h2-6,12H,7-11,13-14H2,1H3,(H,23,24);1H. The maximum atomic E-state index is 13.0. The Bertz CT molecular complexity index is 794. The molecule has 0 saturated carbocycles. The second kappa shape index (κ2) is 11.4. The summed E-state index contributed by atoms with van der Waals surface area (Å²) in [4.78, 5) is 8.65. The number of alkyl halides is 3. The maximum Gasteiger partial charge on any atom is 0.419 e. The molecule has 1 aliphatic heterocycles. The van der Waals surface area contributed by atoms with Gasteiger partial charge in [0.2, 0.25) is 0 Å². The molecule has 0 spiro atoms. The largest absolute Gasteiger partial charge is 0.491 e. The normalized spacial score (nSPS) is 15.6. The molecular weight excluding hydrogens is 514 g/mol. The highest BCUT2D eigenvalue weighted by atomic mass is 127. The summed E-state index contributed by atoms with van der Waals surface area (Å²) in [7, 11) is 1.68. The van der Waals surface area contributed by atoms with Gasteiger partial charge in [0.05, 0.1) is 17.8 Å². The molecule has 7 nitrogen and oxygen atoms in total. The van der Waals surface area contributed by atoms with E-state index in [1.54, 1.807) is 13.3 Å². The van der Waals surface area contributed by atoms with E-state index in [0.717, 1.165) is 44.5 Å². The van der Waals surface area contributed by atoms with Crippen LogP contribution in [0.1, 0.15) is 11.3 Å². The molecule has 0 bridgehead atoms. The van der Waals surface area contributed by atoms with Crippen LogP contribution in [-0.4, -0.2) is 67.3 Å². The van der Waals surface area contributed by atoms with Crippen molar-refractivity contribution in [2.45, 2.75) is 12.7 Å². The van der Waals surface area contributed by atoms with Gasteiger partial charge in [-0.05, 0) is 12.1 Å². The highest BCUT2D eigenvalue weighted by Gasteiger charge is 2.34. The van der Waals surface area contributed by atoms with Gasteiger partial charge >= 0.3 is 6.18 Å². The van der Waals surface area contributed by atoms with Gasteiger partial charge in [0.1, 0.15) is 18.6 Å². The van der Waals surface area contributed by atoms with Crippen LogP contribution in [0.25, 0.3) is 0 Å². The summed E-state index contributed by atoms with van der Waals surface area (Å²) in [6, 6.07) is 7.06. The number of benzene rings is 1. The van der Waals surface area contributed by atoms with Gasteiger partial charge in [-0.2, -0.15) is 13.2 Å². The van der Waals surface area contributed by atoms with Crippen molar-refractivity contribution in [3.05, 3.63) is 47.9 Å². The second-order valence-electron chi connectivity index (χ2n) is 6.57. The van der Waals surface area contributed by atoms with Crippen molar-refractivity contribution in [1.29, 1.82) is 0 Å². The second-order valence-corrected chi connectivity index (χ2v) is 6.57. The molecule has 0 atom stereocenters. The van der Waals surface area contributed by atoms with Gasteiger partial charge in [-0.15, -0.1) is 24.0 Å². The number of aromatic nitrogens is 1. The lowest BCUT2D eigenvalue weighted by Gasteiger charge is -2.36. The van der Waals surface area contributed by atoms with Crippen LogP contribution in [-0.2, 0) is 12.7 Å². The predicted octanol–water partition coefficient (Wildman–Crippen LogP) is 3.08. The van der Waals surface area contributed by atoms with Crippen LogP contribution in [0.2, 0.25) is 0 Å². The summed E-state index contributed by atoms with van der Waals surface area (Å²) < 4.78 is 49.2. The van der Waals surface area contributed by atoms with Crippen molar-refractivity contribution < 1.29 is 22.4 Å². The van der Waals surface area contributed by atoms with E-state index in [9.17, 15) is 13.2 Å². The zero-order chi connectivity index (χ0) is 20.7. The van der Waals surface area contributed by atoms with Crippen molar-refractivity contribution in [2.24, 2.45) is 4.99 Å². The number of hydrogen-bond acceptors (Lipinski definition) is 5. The average molecular weight is 539 g/mol. The first-order chi connectivity index (χ1) is 14.0. The van der Waals surface area contributed by atoms with Gasteiger partial charge < -0.3 is 19.5 Å². The molecule has 2 heterocycles. The minimum Gasteiger partial charge on any atom is -0.491 e. The first kappa shape index (κ1) is 24.3. The Labute approximate surface area is 190 Å². The maximum absolute atomic E-state index is 13.0. The van der Waals surface area contributed by atoms with Gasteiger partial charge in [0.25, 0.3) is 0 Å². The minimum absolute atomic E-state index is 0.